The Bertz CT molecular complexity index is 1120. The van der Waals surface area contributed by atoms with Crippen molar-refractivity contribution in [3.63, 3.8) is 0 Å². The highest BCUT2D eigenvalue weighted by molar-refractivity contribution is 7.46. The lowest BCUT2D eigenvalue weighted by Crippen LogP contribution is -2.29. The predicted octanol–water partition coefficient (Wildman–Crippen LogP) is 11.1. The standard InChI is InChI=1S/C41H65O8P/c1-3-5-7-9-11-13-15-17-19-20-22-23-25-27-29-31-33-35-40(42)47-37-39(38-48-50(44,45)46)49-41(43)36-34-32-30-28-26-24-21-18-16-14-12-10-8-6-4-2/h6,8,11-14,17-19,21-23,26-29,39H,3-5,7,9-10,15-16,20,24-25,30-38H2,1-2H3,(H2,44,45,46)/b8-6+,13-11+,14-12+,19-17+,21-18+,23-22+,28-26+,29-27+/t39-/m1/s1. The molecule has 0 radical (unpaired) electrons. The van der Waals surface area contributed by atoms with Crippen molar-refractivity contribution in [3.8, 4) is 0 Å². The van der Waals surface area contributed by atoms with Crippen LogP contribution in [-0.2, 0) is 28.2 Å². The molecule has 1 atom stereocenters. The smallest absolute Gasteiger partial charge is 0.462 e. The Balaban J connectivity index is 4.18. The Hall–Kier alpha value is -3.03. The van der Waals surface area contributed by atoms with Crippen LogP contribution in [0.2, 0.25) is 0 Å². The molecule has 0 aromatic rings. The lowest BCUT2D eigenvalue weighted by Gasteiger charge is -2.18. The highest BCUT2D eigenvalue weighted by Gasteiger charge is 2.22. The predicted molar refractivity (Wildman–Crippen MR) is 206 cm³/mol. The zero-order chi connectivity index (χ0) is 36.8. The minimum Gasteiger partial charge on any atom is -0.462 e. The Kier molecular flexibility index (Phi) is 33.6. The van der Waals surface area contributed by atoms with E-state index >= 15 is 0 Å². The van der Waals surface area contributed by atoms with Crippen molar-refractivity contribution < 1.29 is 37.9 Å². The maximum Gasteiger partial charge on any atom is 0.469 e. The van der Waals surface area contributed by atoms with E-state index in [1.807, 2.05) is 6.08 Å². The summed E-state index contributed by atoms with van der Waals surface area (Å²) in [6, 6.07) is 0. The van der Waals surface area contributed by atoms with E-state index in [1.54, 1.807) is 0 Å². The Labute approximate surface area is 303 Å². The van der Waals surface area contributed by atoms with Crippen LogP contribution in [0, 0.1) is 0 Å². The van der Waals surface area contributed by atoms with Gasteiger partial charge in [0, 0.05) is 12.8 Å². The van der Waals surface area contributed by atoms with Crippen molar-refractivity contribution in [1.29, 1.82) is 0 Å². The van der Waals surface area contributed by atoms with Gasteiger partial charge in [-0.2, -0.15) is 0 Å². The maximum absolute atomic E-state index is 12.3. The topological polar surface area (TPSA) is 119 Å². The number of phosphoric ester groups is 1. The van der Waals surface area contributed by atoms with E-state index in [9.17, 15) is 14.2 Å². The van der Waals surface area contributed by atoms with Gasteiger partial charge in [0.15, 0.2) is 6.10 Å². The van der Waals surface area contributed by atoms with E-state index in [4.69, 9.17) is 19.3 Å². The summed E-state index contributed by atoms with van der Waals surface area (Å²) in [5.74, 6) is -1.01. The molecule has 0 fully saturated rings. The second-order valence-electron chi connectivity index (χ2n) is 11.8. The van der Waals surface area contributed by atoms with Gasteiger partial charge in [-0.25, -0.2) is 4.57 Å². The molecule has 0 aliphatic carbocycles. The molecule has 282 valence electrons. The quantitative estimate of drug-likeness (QED) is 0.0305. The third-order valence-corrected chi connectivity index (χ3v) is 7.57. The summed E-state index contributed by atoms with van der Waals surface area (Å²) in [6.07, 6.45) is 48.5. The highest BCUT2D eigenvalue weighted by atomic mass is 31.2. The normalized spacial score (nSPS) is 13.6. The molecule has 0 heterocycles. The van der Waals surface area contributed by atoms with E-state index in [0.29, 0.717) is 19.3 Å². The van der Waals surface area contributed by atoms with Gasteiger partial charge in [0.25, 0.3) is 0 Å². The Morgan fingerprint density at radius 2 is 0.960 bits per heavy atom. The summed E-state index contributed by atoms with van der Waals surface area (Å²) in [7, 11) is -4.78. The lowest BCUT2D eigenvalue weighted by atomic mass is 10.2. The van der Waals surface area contributed by atoms with Crippen molar-refractivity contribution in [2.45, 2.75) is 136 Å². The molecule has 2 N–H and O–H groups in total. The van der Waals surface area contributed by atoms with Crippen LogP contribution in [0.3, 0.4) is 0 Å². The molecule has 0 aliphatic heterocycles. The number of hydrogen-bond acceptors (Lipinski definition) is 6. The molecular formula is C41H65O8P. The minimum absolute atomic E-state index is 0.142. The van der Waals surface area contributed by atoms with Crippen molar-refractivity contribution in [2.75, 3.05) is 13.2 Å². The number of carbonyl (C=O) groups excluding carboxylic acids is 2. The molecule has 0 spiro atoms. The molecule has 0 saturated heterocycles. The van der Waals surface area contributed by atoms with Crippen LogP contribution < -0.4 is 0 Å². The first-order valence-electron chi connectivity index (χ1n) is 18.5. The Morgan fingerprint density at radius 3 is 1.42 bits per heavy atom. The third-order valence-electron chi connectivity index (χ3n) is 7.09. The van der Waals surface area contributed by atoms with Crippen LogP contribution in [0.1, 0.15) is 129 Å². The summed E-state index contributed by atoms with van der Waals surface area (Å²) in [5, 5.41) is 0. The number of rotatable bonds is 32. The fourth-order valence-electron chi connectivity index (χ4n) is 4.35. The van der Waals surface area contributed by atoms with E-state index < -0.39 is 32.5 Å². The summed E-state index contributed by atoms with van der Waals surface area (Å²) >= 11 is 0. The van der Waals surface area contributed by atoms with Crippen molar-refractivity contribution in [3.05, 3.63) is 97.2 Å². The molecule has 50 heavy (non-hydrogen) atoms. The average molecular weight is 717 g/mol. The van der Waals surface area contributed by atoms with Gasteiger partial charge >= 0.3 is 19.8 Å². The van der Waals surface area contributed by atoms with E-state index in [1.165, 1.54) is 25.7 Å². The summed E-state index contributed by atoms with van der Waals surface area (Å²) in [6.45, 7) is 3.43. The van der Waals surface area contributed by atoms with Crippen LogP contribution in [0.4, 0.5) is 0 Å². The van der Waals surface area contributed by atoms with Crippen LogP contribution >= 0.6 is 7.82 Å². The summed E-state index contributed by atoms with van der Waals surface area (Å²) in [4.78, 5) is 42.6. The first-order chi connectivity index (χ1) is 24.3. The van der Waals surface area contributed by atoms with Crippen LogP contribution in [-0.4, -0.2) is 41.0 Å². The number of allylic oxidation sites excluding steroid dienone is 16. The largest absolute Gasteiger partial charge is 0.469 e. The van der Waals surface area contributed by atoms with Crippen molar-refractivity contribution in [2.24, 2.45) is 0 Å². The average Bonchev–Trinajstić information content (AvgIpc) is 3.08. The van der Waals surface area contributed by atoms with Gasteiger partial charge in [0.1, 0.15) is 6.61 Å². The number of hydrogen-bond donors (Lipinski definition) is 2. The van der Waals surface area contributed by atoms with Gasteiger partial charge in [-0.1, -0.05) is 124 Å². The van der Waals surface area contributed by atoms with Crippen LogP contribution in [0.5, 0.6) is 0 Å². The van der Waals surface area contributed by atoms with E-state index in [2.05, 4.69) is 110 Å². The number of carbonyl (C=O) groups is 2. The number of phosphoric acid groups is 1. The van der Waals surface area contributed by atoms with E-state index in [-0.39, 0.29) is 19.4 Å². The van der Waals surface area contributed by atoms with Crippen molar-refractivity contribution >= 4 is 19.8 Å². The minimum atomic E-state index is -4.78. The SMILES string of the molecule is CC/C=C/C/C=C/C/C=C/C/C=C/CCCCC(=O)O[C@H](COC(=O)CCC/C=C/C/C=C/C/C=C/C/C=C/CCCCC)COP(=O)(O)O. The van der Waals surface area contributed by atoms with Crippen LogP contribution in [0.15, 0.2) is 97.2 Å². The zero-order valence-electron chi connectivity index (χ0n) is 30.7. The summed E-state index contributed by atoms with van der Waals surface area (Å²) in [5.41, 5.74) is 0. The molecule has 0 unspecified atom stereocenters. The molecule has 0 rings (SSSR count). The molecule has 0 saturated carbocycles. The van der Waals surface area contributed by atoms with E-state index in [0.717, 1.165) is 57.8 Å². The fraction of sp³-hybridized carbons (Fsp3) is 0.561. The fourth-order valence-corrected chi connectivity index (χ4v) is 4.71. The number of esters is 2. The molecule has 0 bridgehead atoms. The second kappa shape index (κ2) is 35.8. The molecule has 0 aromatic heterocycles. The van der Waals surface area contributed by atoms with Gasteiger partial charge in [-0.15, -0.1) is 0 Å². The number of ether oxygens (including phenoxy) is 2. The van der Waals surface area contributed by atoms with Crippen LogP contribution in [0.25, 0.3) is 0 Å². The van der Waals surface area contributed by atoms with Crippen molar-refractivity contribution in [1.82, 2.24) is 0 Å². The zero-order valence-corrected chi connectivity index (χ0v) is 31.6. The third kappa shape index (κ3) is 37.8. The molecule has 0 aliphatic rings. The van der Waals surface area contributed by atoms with Gasteiger partial charge in [0.2, 0.25) is 0 Å². The maximum atomic E-state index is 12.3. The molecule has 0 aromatic carbocycles. The first kappa shape index (κ1) is 47.0. The summed E-state index contributed by atoms with van der Waals surface area (Å²) < 4.78 is 26.2. The highest BCUT2D eigenvalue weighted by Crippen LogP contribution is 2.35. The van der Waals surface area contributed by atoms with Gasteiger partial charge in [0.05, 0.1) is 6.61 Å². The van der Waals surface area contributed by atoms with Gasteiger partial charge in [-0.05, 0) is 89.9 Å². The first-order valence-corrected chi connectivity index (χ1v) is 20.1. The molecule has 0 amide bonds. The molecule has 9 heteroatoms. The molecule has 8 nitrogen and oxygen atoms in total. The second-order valence-corrected chi connectivity index (χ2v) is 13.0. The Morgan fingerprint density at radius 1 is 0.540 bits per heavy atom. The van der Waals surface area contributed by atoms with Gasteiger partial charge < -0.3 is 19.3 Å². The monoisotopic (exact) mass is 716 g/mol. The van der Waals surface area contributed by atoms with Gasteiger partial charge in [-0.3, -0.25) is 14.1 Å². The molecular weight excluding hydrogens is 651 g/mol. The number of unbranched alkanes of at least 4 members (excludes halogenated alkanes) is 6. The lowest BCUT2D eigenvalue weighted by molar-refractivity contribution is -0.161.